The van der Waals surface area contributed by atoms with Gasteiger partial charge in [0.15, 0.2) is 5.82 Å². The molecule has 1 aromatic carbocycles. The molecule has 1 N–H and O–H groups in total. The standard InChI is InChI=1S/C14H9BrN4O/c15-12-7-18-13(8-17-12)19-14(20)10-3-4-11-9(6-10)2-1-5-16-11/h1-8H,(H,18,19,20). The second kappa shape index (κ2) is 5.34. The highest BCUT2D eigenvalue weighted by Gasteiger charge is 2.08. The Morgan fingerprint density at radius 2 is 2.00 bits per heavy atom. The number of nitrogens with zero attached hydrogens (tertiary/aromatic N) is 3. The third-order valence-electron chi connectivity index (χ3n) is 2.73. The molecule has 0 saturated carbocycles. The Bertz CT molecular complexity index is 773. The normalized spacial score (nSPS) is 10.4. The van der Waals surface area contributed by atoms with Crippen molar-refractivity contribution in [2.75, 3.05) is 5.32 Å². The summed E-state index contributed by atoms with van der Waals surface area (Å²) in [6.45, 7) is 0. The molecule has 20 heavy (non-hydrogen) atoms. The summed E-state index contributed by atoms with van der Waals surface area (Å²) in [5, 5.41) is 3.61. The number of carbonyl (C=O) groups is 1. The number of aromatic nitrogens is 3. The van der Waals surface area contributed by atoms with Gasteiger partial charge in [-0.05, 0) is 40.2 Å². The van der Waals surface area contributed by atoms with Crippen LogP contribution in [0.15, 0.2) is 53.5 Å². The van der Waals surface area contributed by atoms with Crippen LogP contribution >= 0.6 is 15.9 Å². The fraction of sp³-hybridized carbons (Fsp3) is 0. The van der Waals surface area contributed by atoms with Gasteiger partial charge >= 0.3 is 0 Å². The van der Waals surface area contributed by atoms with Crippen LogP contribution in [-0.4, -0.2) is 20.9 Å². The van der Waals surface area contributed by atoms with E-state index in [9.17, 15) is 4.79 Å². The zero-order chi connectivity index (χ0) is 13.9. The van der Waals surface area contributed by atoms with E-state index in [0.717, 1.165) is 10.9 Å². The molecule has 98 valence electrons. The van der Waals surface area contributed by atoms with E-state index in [1.165, 1.54) is 12.4 Å². The van der Waals surface area contributed by atoms with Crippen LogP contribution in [-0.2, 0) is 0 Å². The number of hydrogen-bond donors (Lipinski definition) is 1. The number of nitrogens with one attached hydrogen (secondary N) is 1. The van der Waals surface area contributed by atoms with Gasteiger partial charge in [0, 0.05) is 17.1 Å². The minimum Gasteiger partial charge on any atom is -0.305 e. The molecule has 0 atom stereocenters. The summed E-state index contributed by atoms with van der Waals surface area (Å²) in [7, 11) is 0. The lowest BCUT2D eigenvalue weighted by atomic mass is 10.1. The highest BCUT2D eigenvalue weighted by molar-refractivity contribution is 9.10. The summed E-state index contributed by atoms with van der Waals surface area (Å²) in [4.78, 5) is 24.4. The highest BCUT2D eigenvalue weighted by Crippen LogP contribution is 2.14. The molecule has 0 spiro atoms. The number of pyridine rings is 1. The molecule has 0 fully saturated rings. The predicted molar refractivity (Wildman–Crippen MR) is 79.4 cm³/mol. The molecule has 1 amide bonds. The largest absolute Gasteiger partial charge is 0.305 e. The van der Waals surface area contributed by atoms with E-state index in [4.69, 9.17) is 0 Å². The second-order valence-corrected chi connectivity index (χ2v) is 4.90. The van der Waals surface area contributed by atoms with E-state index >= 15 is 0 Å². The van der Waals surface area contributed by atoms with Crippen molar-refractivity contribution < 1.29 is 4.79 Å². The Kier molecular flexibility index (Phi) is 3.39. The molecule has 3 rings (SSSR count). The van der Waals surface area contributed by atoms with E-state index < -0.39 is 0 Å². The molecule has 3 aromatic rings. The third-order valence-corrected chi connectivity index (χ3v) is 3.14. The van der Waals surface area contributed by atoms with Crippen molar-refractivity contribution in [3.05, 3.63) is 59.1 Å². The Morgan fingerprint density at radius 3 is 2.80 bits per heavy atom. The Morgan fingerprint density at radius 1 is 1.10 bits per heavy atom. The average molecular weight is 329 g/mol. The van der Waals surface area contributed by atoms with Crippen molar-refractivity contribution in [3.63, 3.8) is 0 Å². The van der Waals surface area contributed by atoms with Crippen LogP contribution in [0.5, 0.6) is 0 Å². The van der Waals surface area contributed by atoms with Gasteiger partial charge in [0.2, 0.25) is 0 Å². The zero-order valence-electron chi connectivity index (χ0n) is 10.2. The van der Waals surface area contributed by atoms with Crippen LogP contribution in [0.3, 0.4) is 0 Å². The number of amides is 1. The molecule has 0 aliphatic heterocycles. The lowest BCUT2D eigenvalue weighted by Crippen LogP contribution is -2.13. The second-order valence-electron chi connectivity index (χ2n) is 4.09. The van der Waals surface area contributed by atoms with Gasteiger partial charge in [0.1, 0.15) is 4.60 Å². The van der Waals surface area contributed by atoms with Crippen LogP contribution in [0.1, 0.15) is 10.4 Å². The van der Waals surface area contributed by atoms with Gasteiger partial charge < -0.3 is 5.32 Å². The van der Waals surface area contributed by atoms with Gasteiger partial charge in [-0.2, -0.15) is 0 Å². The SMILES string of the molecule is O=C(Nc1cnc(Br)cn1)c1ccc2ncccc2c1. The maximum Gasteiger partial charge on any atom is 0.256 e. The van der Waals surface area contributed by atoms with Gasteiger partial charge in [-0.3, -0.25) is 9.78 Å². The monoisotopic (exact) mass is 328 g/mol. The van der Waals surface area contributed by atoms with E-state index in [1.807, 2.05) is 18.2 Å². The topological polar surface area (TPSA) is 67.8 Å². The molecule has 0 bridgehead atoms. The van der Waals surface area contributed by atoms with Crippen LogP contribution < -0.4 is 5.32 Å². The van der Waals surface area contributed by atoms with Crippen LogP contribution in [0.4, 0.5) is 5.82 Å². The molecular formula is C14H9BrN4O. The highest BCUT2D eigenvalue weighted by atomic mass is 79.9. The van der Waals surface area contributed by atoms with Gasteiger partial charge in [0.05, 0.1) is 17.9 Å². The number of benzene rings is 1. The van der Waals surface area contributed by atoms with Crippen molar-refractivity contribution in [1.82, 2.24) is 15.0 Å². The third kappa shape index (κ3) is 2.65. The van der Waals surface area contributed by atoms with Crippen molar-refractivity contribution in [2.24, 2.45) is 0 Å². The van der Waals surface area contributed by atoms with Gasteiger partial charge in [0.25, 0.3) is 5.91 Å². The summed E-state index contributed by atoms with van der Waals surface area (Å²) in [5.41, 5.74) is 1.41. The first-order valence-corrected chi connectivity index (χ1v) is 6.65. The predicted octanol–water partition coefficient (Wildman–Crippen LogP) is 3.04. The summed E-state index contributed by atoms with van der Waals surface area (Å²) >= 11 is 3.19. The maximum absolute atomic E-state index is 12.1. The fourth-order valence-corrected chi connectivity index (χ4v) is 1.99. The van der Waals surface area contributed by atoms with Crippen molar-refractivity contribution in [1.29, 1.82) is 0 Å². The van der Waals surface area contributed by atoms with E-state index in [2.05, 4.69) is 36.2 Å². The lowest BCUT2D eigenvalue weighted by molar-refractivity contribution is 0.102. The van der Waals surface area contributed by atoms with E-state index in [0.29, 0.717) is 16.0 Å². The molecule has 2 aromatic heterocycles. The first-order chi connectivity index (χ1) is 9.72. The van der Waals surface area contributed by atoms with E-state index in [1.54, 1.807) is 18.3 Å². The van der Waals surface area contributed by atoms with Gasteiger partial charge in [-0.15, -0.1) is 0 Å². The maximum atomic E-state index is 12.1. The Hall–Kier alpha value is -2.34. The number of rotatable bonds is 2. The molecule has 5 nitrogen and oxygen atoms in total. The van der Waals surface area contributed by atoms with E-state index in [-0.39, 0.29) is 5.91 Å². The van der Waals surface area contributed by atoms with Crippen LogP contribution in [0, 0.1) is 0 Å². The van der Waals surface area contributed by atoms with Crippen LogP contribution in [0.25, 0.3) is 10.9 Å². The van der Waals surface area contributed by atoms with Gasteiger partial charge in [-0.25, -0.2) is 9.97 Å². The number of anilines is 1. The molecule has 0 aliphatic carbocycles. The summed E-state index contributed by atoms with van der Waals surface area (Å²) in [6.07, 6.45) is 4.74. The molecule has 0 radical (unpaired) electrons. The first kappa shape index (κ1) is 12.7. The molecule has 0 aliphatic rings. The average Bonchev–Trinajstić information content (AvgIpc) is 2.49. The number of fused-ring (bicyclic) bond motifs is 1. The van der Waals surface area contributed by atoms with Crippen LogP contribution in [0.2, 0.25) is 0 Å². The van der Waals surface area contributed by atoms with Crippen molar-refractivity contribution >= 4 is 38.6 Å². The molecule has 2 heterocycles. The number of carbonyl (C=O) groups excluding carboxylic acids is 1. The molecular weight excluding hydrogens is 320 g/mol. The minimum atomic E-state index is -0.229. The van der Waals surface area contributed by atoms with Crippen molar-refractivity contribution in [2.45, 2.75) is 0 Å². The quantitative estimate of drug-likeness (QED) is 0.785. The molecule has 6 heteroatoms. The van der Waals surface area contributed by atoms with Crippen molar-refractivity contribution in [3.8, 4) is 0 Å². The minimum absolute atomic E-state index is 0.229. The smallest absolute Gasteiger partial charge is 0.256 e. The summed E-state index contributed by atoms with van der Waals surface area (Å²) < 4.78 is 0.618. The molecule has 0 unspecified atom stereocenters. The number of hydrogen-bond acceptors (Lipinski definition) is 4. The Labute approximate surface area is 123 Å². The lowest BCUT2D eigenvalue weighted by Gasteiger charge is -2.05. The molecule has 0 saturated heterocycles. The summed E-state index contributed by atoms with van der Waals surface area (Å²) in [5.74, 6) is 0.178. The fourth-order valence-electron chi connectivity index (χ4n) is 1.78. The first-order valence-electron chi connectivity index (χ1n) is 5.86. The Balaban J connectivity index is 1.86. The zero-order valence-corrected chi connectivity index (χ0v) is 11.8. The summed E-state index contributed by atoms with van der Waals surface area (Å²) in [6, 6.07) is 9.10. The van der Waals surface area contributed by atoms with Gasteiger partial charge in [-0.1, -0.05) is 6.07 Å². The number of halogens is 1.